The number of nitrogens with zero attached hydrogens (tertiary/aromatic N) is 4. The van der Waals surface area contributed by atoms with Crippen LogP contribution in [-0.2, 0) is 23.0 Å². The van der Waals surface area contributed by atoms with Gasteiger partial charge in [0.25, 0.3) is 5.91 Å². The molecule has 35 heavy (non-hydrogen) atoms. The van der Waals surface area contributed by atoms with E-state index < -0.39 is 10.0 Å². The molecule has 0 aliphatic carbocycles. The number of fused-ring (bicyclic) bond motifs is 1. The minimum atomic E-state index is -3.94. The summed E-state index contributed by atoms with van der Waals surface area (Å²) in [6.45, 7) is 2.33. The third-order valence-electron chi connectivity index (χ3n) is 6.27. The average molecular weight is 556 g/mol. The number of aromatic nitrogens is 1. The number of hydrogen-bond donors (Lipinski definition) is 0. The lowest BCUT2D eigenvalue weighted by Crippen LogP contribution is -2.49. The van der Waals surface area contributed by atoms with E-state index in [-0.39, 0.29) is 39.6 Å². The van der Waals surface area contributed by atoms with Crippen LogP contribution < -0.4 is 4.90 Å². The van der Waals surface area contributed by atoms with Crippen molar-refractivity contribution in [2.45, 2.75) is 17.9 Å². The average Bonchev–Trinajstić information content (AvgIpc) is 3.29. The summed E-state index contributed by atoms with van der Waals surface area (Å²) in [6.07, 6.45) is 0.299. The molecule has 1 amide bonds. The molecule has 0 spiro atoms. The maximum absolute atomic E-state index is 13.3. The molecule has 0 radical (unpaired) electrons. The third-order valence-corrected chi connectivity index (χ3v) is 9.15. The molecule has 1 aromatic heterocycles. The third kappa shape index (κ3) is 4.63. The predicted molar refractivity (Wildman–Crippen MR) is 134 cm³/mol. The van der Waals surface area contributed by atoms with Crippen molar-refractivity contribution < 1.29 is 17.7 Å². The largest absolute Gasteiger partial charge is 0.367 e. The highest BCUT2D eigenvalue weighted by molar-refractivity contribution is 7.89. The molecule has 0 atom stereocenters. The van der Waals surface area contributed by atoms with Crippen molar-refractivity contribution in [3.8, 4) is 0 Å². The van der Waals surface area contributed by atoms with E-state index in [1.54, 1.807) is 4.90 Å². The Balaban J connectivity index is 1.33. The van der Waals surface area contributed by atoms with E-state index in [2.05, 4.69) is 10.1 Å². The van der Waals surface area contributed by atoms with Gasteiger partial charge in [-0.3, -0.25) is 4.79 Å². The summed E-state index contributed by atoms with van der Waals surface area (Å²) >= 11 is 18.5. The molecule has 2 aromatic carbocycles. The molecule has 1 fully saturated rings. The van der Waals surface area contributed by atoms with Gasteiger partial charge in [-0.2, -0.15) is 4.31 Å². The number of halogens is 3. The predicted octanol–water partition coefficient (Wildman–Crippen LogP) is 4.34. The van der Waals surface area contributed by atoms with E-state index in [9.17, 15) is 13.2 Å². The van der Waals surface area contributed by atoms with Gasteiger partial charge in [0.05, 0.1) is 15.7 Å². The van der Waals surface area contributed by atoms with Crippen molar-refractivity contribution in [2.75, 3.05) is 37.6 Å². The highest BCUT2D eigenvalue weighted by Crippen LogP contribution is 2.32. The van der Waals surface area contributed by atoms with Crippen LogP contribution in [0.3, 0.4) is 0 Å². The minimum absolute atomic E-state index is 0.0370. The molecule has 1 saturated heterocycles. The van der Waals surface area contributed by atoms with Gasteiger partial charge in [-0.25, -0.2) is 8.42 Å². The number of hydrogen-bond acceptors (Lipinski definition) is 6. The van der Waals surface area contributed by atoms with Crippen LogP contribution in [0.25, 0.3) is 0 Å². The van der Waals surface area contributed by atoms with E-state index in [0.29, 0.717) is 48.9 Å². The second-order valence-electron chi connectivity index (χ2n) is 8.33. The van der Waals surface area contributed by atoms with Crippen LogP contribution in [0, 0.1) is 0 Å². The highest BCUT2D eigenvalue weighted by atomic mass is 35.5. The maximum Gasteiger partial charge on any atom is 0.276 e. The Labute approximate surface area is 218 Å². The number of amides is 1. The first-order chi connectivity index (χ1) is 16.8. The van der Waals surface area contributed by atoms with Crippen LogP contribution in [0.4, 0.5) is 5.69 Å². The summed E-state index contributed by atoms with van der Waals surface area (Å²) in [5.74, 6) is 0.237. The SMILES string of the molecule is O=C(c1noc2c1CN(S(=O)(=O)c1cc(Cl)ccc1Cl)CC2)N1CCN(c2ccccc2Cl)CC1. The summed E-state index contributed by atoms with van der Waals surface area (Å²) < 4.78 is 33.3. The lowest BCUT2D eigenvalue weighted by Gasteiger charge is -2.36. The Morgan fingerprint density at radius 3 is 2.43 bits per heavy atom. The zero-order valence-corrected chi connectivity index (χ0v) is 21.5. The van der Waals surface area contributed by atoms with Crippen LogP contribution in [0.5, 0.6) is 0 Å². The van der Waals surface area contributed by atoms with Gasteiger partial charge in [0, 0.05) is 56.3 Å². The zero-order valence-electron chi connectivity index (χ0n) is 18.5. The number of rotatable bonds is 4. The molecule has 2 aliphatic rings. The molecule has 0 saturated carbocycles. The summed E-state index contributed by atoms with van der Waals surface area (Å²) in [4.78, 5) is 17.1. The maximum atomic E-state index is 13.3. The van der Waals surface area contributed by atoms with E-state index in [4.69, 9.17) is 39.3 Å². The number of sulfonamides is 1. The molecule has 0 N–H and O–H groups in total. The van der Waals surface area contributed by atoms with Crippen LogP contribution >= 0.6 is 34.8 Å². The molecule has 0 unspecified atom stereocenters. The van der Waals surface area contributed by atoms with Gasteiger partial charge >= 0.3 is 0 Å². The van der Waals surface area contributed by atoms with Crippen LogP contribution in [0.1, 0.15) is 21.8 Å². The van der Waals surface area contributed by atoms with E-state index in [0.717, 1.165) is 5.69 Å². The molecule has 3 heterocycles. The first-order valence-electron chi connectivity index (χ1n) is 11.0. The minimum Gasteiger partial charge on any atom is -0.367 e. The van der Waals surface area contributed by atoms with Crippen LogP contribution in [0.15, 0.2) is 51.9 Å². The number of para-hydroxylation sites is 1. The van der Waals surface area contributed by atoms with Gasteiger partial charge in [0.1, 0.15) is 10.7 Å². The van der Waals surface area contributed by atoms with Crippen molar-refractivity contribution in [3.05, 3.63) is 74.6 Å². The molecule has 0 bridgehead atoms. The lowest BCUT2D eigenvalue weighted by atomic mass is 10.1. The Morgan fingerprint density at radius 2 is 1.69 bits per heavy atom. The fraction of sp³-hybridized carbons (Fsp3) is 0.304. The number of carbonyl (C=O) groups is 1. The standard InChI is InChI=1S/C23H21Cl3N4O4S/c24-15-5-6-18(26)21(13-15)35(32,33)30-8-7-20-16(14-30)22(27-34-20)23(31)29-11-9-28(10-12-29)19-4-2-1-3-17(19)25/h1-6,13H,7-12,14H2. The molecule has 2 aliphatic heterocycles. The summed E-state index contributed by atoms with van der Waals surface area (Å²) in [5.41, 5.74) is 1.56. The van der Waals surface area contributed by atoms with E-state index >= 15 is 0 Å². The summed E-state index contributed by atoms with van der Waals surface area (Å²) in [6, 6.07) is 11.9. The Kier molecular flexibility index (Phi) is 6.71. The first kappa shape index (κ1) is 24.4. The van der Waals surface area contributed by atoms with Gasteiger partial charge in [0.15, 0.2) is 5.69 Å². The molecule has 8 nitrogen and oxygen atoms in total. The summed E-state index contributed by atoms with van der Waals surface area (Å²) in [5, 5.41) is 5.03. The fourth-order valence-corrected chi connectivity index (χ4v) is 6.78. The molecule has 12 heteroatoms. The first-order valence-corrected chi connectivity index (χ1v) is 13.5. The van der Waals surface area contributed by atoms with Gasteiger partial charge in [0.2, 0.25) is 10.0 Å². The lowest BCUT2D eigenvalue weighted by molar-refractivity contribution is 0.0735. The second-order valence-corrected chi connectivity index (χ2v) is 11.5. The normalized spacial score (nSPS) is 16.9. The van der Waals surface area contributed by atoms with Gasteiger partial charge < -0.3 is 14.3 Å². The van der Waals surface area contributed by atoms with Crippen molar-refractivity contribution in [2.24, 2.45) is 0 Å². The Morgan fingerprint density at radius 1 is 0.943 bits per heavy atom. The van der Waals surface area contributed by atoms with Crippen molar-refractivity contribution in [1.82, 2.24) is 14.4 Å². The topological polar surface area (TPSA) is 87.0 Å². The molecule has 3 aromatic rings. The quantitative estimate of drug-likeness (QED) is 0.476. The number of anilines is 1. The number of piperazine rings is 1. The van der Waals surface area contributed by atoms with Crippen molar-refractivity contribution in [3.63, 3.8) is 0 Å². The van der Waals surface area contributed by atoms with Gasteiger partial charge in [-0.15, -0.1) is 0 Å². The van der Waals surface area contributed by atoms with Crippen LogP contribution in [-0.4, -0.2) is 61.4 Å². The molecule has 184 valence electrons. The van der Waals surface area contributed by atoms with Crippen molar-refractivity contribution >= 4 is 56.4 Å². The number of carbonyl (C=O) groups excluding carboxylic acids is 1. The molecular formula is C23H21Cl3N4O4S. The fourth-order valence-electron chi connectivity index (χ4n) is 4.38. The van der Waals surface area contributed by atoms with E-state index in [1.165, 1.54) is 22.5 Å². The monoisotopic (exact) mass is 554 g/mol. The van der Waals surface area contributed by atoms with Gasteiger partial charge in [-0.1, -0.05) is 52.1 Å². The Hall–Kier alpha value is -2.30. The smallest absolute Gasteiger partial charge is 0.276 e. The highest BCUT2D eigenvalue weighted by Gasteiger charge is 2.36. The second kappa shape index (κ2) is 9.63. The van der Waals surface area contributed by atoms with E-state index in [1.807, 2.05) is 24.3 Å². The molecular weight excluding hydrogens is 535 g/mol. The summed E-state index contributed by atoms with van der Waals surface area (Å²) in [7, 11) is -3.94. The number of benzene rings is 2. The Bertz CT molecular complexity index is 1390. The van der Waals surface area contributed by atoms with Gasteiger partial charge in [-0.05, 0) is 30.3 Å². The van der Waals surface area contributed by atoms with Crippen molar-refractivity contribution in [1.29, 1.82) is 0 Å². The molecule has 5 rings (SSSR count). The zero-order chi connectivity index (χ0) is 24.7. The van der Waals surface area contributed by atoms with Crippen LogP contribution in [0.2, 0.25) is 15.1 Å².